The molecule has 0 spiro atoms. The van der Waals surface area contributed by atoms with E-state index in [-0.39, 0.29) is 11.6 Å². The molecule has 0 atom stereocenters. The number of non-ortho nitro benzene ring substituents is 1. The van der Waals surface area contributed by atoms with Crippen LogP contribution in [0.4, 0.5) is 5.69 Å². The van der Waals surface area contributed by atoms with Crippen LogP contribution in [0.3, 0.4) is 0 Å². The lowest BCUT2D eigenvalue weighted by molar-refractivity contribution is -0.384. The SMILES string of the molecule is Cc1cc(C(=O)NCc2sccc2Br)cc([N+](=O)[O-])c1. The minimum atomic E-state index is -0.500. The van der Waals surface area contributed by atoms with Crippen molar-refractivity contribution in [3.05, 3.63) is 60.2 Å². The second-order valence-corrected chi connectivity index (χ2v) is 6.04. The molecular weight excluding hydrogens is 344 g/mol. The van der Waals surface area contributed by atoms with E-state index in [9.17, 15) is 14.9 Å². The van der Waals surface area contributed by atoms with Crippen molar-refractivity contribution in [2.24, 2.45) is 0 Å². The number of benzene rings is 1. The van der Waals surface area contributed by atoms with E-state index in [0.717, 1.165) is 9.35 Å². The lowest BCUT2D eigenvalue weighted by Gasteiger charge is -2.05. The standard InChI is InChI=1S/C13H11BrN2O3S/c1-8-4-9(6-10(5-8)16(18)19)13(17)15-7-12-11(14)2-3-20-12/h2-6H,7H2,1H3,(H,15,17). The Morgan fingerprint density at radius 1 is 1.45 bits per heavy atom. The van der Waals surface area contributed by atoms with E-state index < -0.39 is 4.92 Å². The molecule has 2 rings (SSSR count). The average molecular weight is 355 g/mol. The molecule has 1 N–H and O–H groups in total. The first-order valence-electron chi connectivity index (χ1n) is 5.73. The second kappa shape index (κ2) is 6.15. The summed E-state index contributed by atoms with van der Waals surface area (Å²) in [5, 5.41) is 15.5. The predicted octanol–water partition coefficient (Wildman–Crippen LogP) is 3.66. The molecular formula is C13H11BrN2O3S. The van der Waals surface area contributed by atoms with E-state index in [0.29, 0.717) is 17.7 Å². The first-order chi connectivity index (χ1) is 9.47. The van der Waals surface area contributed by atoms with Gasteiger partial charge in [-0.2, -0.15) is 0 Å². The molecule has 0 unspecified atom stereocenters. The van der Waals surface area contributed by atoms with Gasteiger partial charge in [-0.1, -0.05) is 0 Å². The number of nitrogens with zero attached hydrogens (tertiary/aromatic N) is 1. The molecule has 104 valence electrons. The van der Waals surface area contributed by atoms with E-state index in [1.807, 2.05) is 11.4 Å². The average Bonchev–Trinajstić information content (AvgIpc) is 2.80. The number of aryl methyl sites for hydroxylation is 1. The molecule has 0 radical (unpaired) electrons. The number of amides is 1. The van der Waals surface area contributed by atoms with Gasteiger partial charge < -0.3 is 5.32 Å². The highest BCUT2D eigenvalue weighted by Gasteiger charge is 2.13. The van der Waals surface area contributed by atoms with Gasteiger partial charge in [-0.05, 0) is 45.9 Å². The van der Waals surface area contributed by atoms with E-state index in [2.05, 4.69) is 21.2 Å². The van der Waals surface area contributed by atoms with Gasteiger partial charge in [0.25, 0.3) is 11.6 Å². The van der Waals surface area contributed by atoms with Gasteiger partial charge in [0, 0.05) is 27.0 Å². The highest BCUT2D eigenvalue weighted by atomic mass is 79.9. The van der Waals surface area contributed by atoms with Crippen molar-refractivity contribution in [1.82, 2.24) is 5.32 Å². The molecule has 0 aliphatic rings. The molecule has 1 aromatic carbocycles. The number of carbonyl (C=O) groups is 1. The van der Waals surface area contributed by atoms with Crippen LogP contribution < -0.4 is 5.32 Å². The summed E-state index contributed by atoms with van der Waals surface area (Å²) in [4.78, 5) is 23.3. The van der Waals surface area contributed by atoms with Crippen LogP contribution in [0, 0.1) is 17.0 Å². The molecule has 20 heavy (non-hydrogen) atoms. The Morgan fingerprint density at radius 2 is 2.20 bits per heavy atom. The zero-order valence-electron chi connectivity index (χ0n) is 10.6. The van der Waals surface area contributed by atoms with Crippen molar-refractivity contribution >= 4 is 38.9 Å². The third kappa shape index (κ3) is 3.43. The van der Waals surface area contributed by atoms with E-state index >= 15 is 0 Å². The van der Waals surface area contributed by atoms with Crippen molar-refractivity contribution in [3.63, 3.8) is 0 Å². The van der Waals surface area contributed by atoms with Crippen LogP contribution in [-0.2, 0) is 6.54 Å². The van der Waals surface area contributed by atoms with Gasteiger partial charge >= 0.3 is 0 Å². The summed E-state index contributed by atoms with van der Waals surface area (Å²) in [6.45, 7) is 2.11. The zero-order chi connectivity index (χ0) is 14.7. The molecule has 1 aromatic heterocycles. The summed E-state index contributed by atoms with van der Waals surface area (Å²) in [6, 6.07) is 6.26. The molecule has 0 bridgehead atoms. The maximum absolute atomic E-state index is 12.0. The number of thiophene rings is 1. The number of hydrogen-bond donors (Lipinski definition) is 1. The van der Waals surface area contributed by atoms with Crippen molar-refractivity contribution in [1.29, 1.82) is 0 Å². The van der Waals surface area contributed by atoms with Gasteiger partial charge in [0.15, 0.2) is 0 Å². The number of hydrogen-bond acceptors (Lipinski definition) is 4. The van der Waals surface area contributed by atoms with Crippen molar-refractivity contribution < 1.29 is 9.72 Å². The van der Waals surface area contributed by atoms with Gasteiger partial charge in [0.05, 0.1) is 11.5 Å². The highest BCUT2D eigenvalue weighted by molar-refractivity contribution is 9.10. The molecule has 7 heteroatoms. The fourth-order valence-corrected chi connectivity index (χ4v) is 3.15. The summed E-state index contributed by atoms with van der Waals surface area (Å²) in [6.07, 6.45) is 0. The summed E-state index contributed by atoms with van der Waals surface area (Å²) >= 11 is 4.91. The van der Waals surface area contributed by atoms with Crippen LogP contribution in [0.15, 0.2) is 34.1 Å². The molecule has 5 nitrogen and oxygen atoms in total. The summed E-state index contributed by atoms with van der Waals surface area (Å²) in [5.41, 5.74) is 0.901. The second-order valence-electron chi connectivity index (χ2n) is 4.19. The normalized spacial score (nSPS) is 10.3. The summed E-state index contributed by atoms with van der Waals surface area (Å²) in [7, 11) is 0. The monoisotopic (exact) mass is 354 g/mol. The van der Waals surface area contributed by atoms with Crippen LogP contribution in [0.2, 0.25) is 0 Å². The predicted molar refractivity (Wildman–Crippen MR) is 81.0 cm³/mol. The highest BCUT2D eigenvalue weighted by Crippen LogP contribution is 2.22. The van der Waals surface area contributed by atoms with Gasteiger partial charge in [-0.25, -0.2) is 0 Å². The van der Waals surface area contributed by atoms with Crippen LogP contribution in [0.1, 0.15) is 20.8 Å². The number of nitrogens with one attached hydrogen (secondary N) is 1. The largest absolute Gasteiger partial charge is 0.347 e. The topological polar surface area (TPSA) is 72.2 Å². The molecule has 0 fully saturated rings. The van der Waals surface area contributed by atoms with Gasteiger partial charge in [-0.3, -0.25) is 14.9 Å². The van der Waals surface area contributed by atoms with Crippen molar-refractivity contribution in [3.8, 4) is 0 Å². The lowest BCUT2D eigenvalue weighted by atomic mass is 10.1. The Kier molecular flexibility index (Phi) is 4.51. The number of carbonyl (C=O) groups excluding carboxylic acids is 1. The Bertz CT molecular complexity index is 669. The smallest absolute Gasteiger partial charge is 0.270 e. The van der Waals surface area contributed by atoms with E-state index in [1.165, 1.54) is 23.5 Å². The zero-order valence-corrected chi connectivity index (χ0v) is 13.0. The Hall–Kier alpha value is -1.73. The first-order valence-corrected chi connectivity index (χ1v) is 7.41. The Labute approximate surface area is 127 Å². The summed E-state index contributed by atoms with van der Waals surface area (Å²) in [5.74, 6) is -0.322. The number of nitro groups is 1. The third-order valence-corrected chi connectivity index (χ3v) is 4.56. The third-order valence-electron chi connectivity index (χ3n) is 2.64. The van der Waals surface area contributed by atoms with Crippen LogP contribution in [0.25, 0.3) is 0 Å². The summed E-state index contributed by atoms with van der Waals surface area (Å²) < 4.78 is 0.943. The molecule has 1 heterocycles. The van der Waals surface area contributed by atoms with Crippen LogP contribution >= 0.6 is 27.3 Å². The Balaban J connectivity index is 2.13. The maximum Gasteiger partial charge on any atom is 0.270 e. The molecule has 0 aliphatic heterocycles. The van der Waals surface area contributed by atoms with Crippen molar-refractivity contribution in [2.45, 2.75) is 13.5 Å². The molecule has 0 saturated carbocycles. The first kappa shape index (κ1) is 14.7. The molecule has 0 saturated heterocycles. The molecule has 2 aromatic rings. The maximum atomic E-state index is 12.0. The van der Waals surface area contributed by atoms with Gasteiger partial charge in [0.2, 0.25) is 0 Å². The van der Waals surface area contributed by atoms with E-state index in [1.54, 1.807) is 13.0 Å². The quantitative estimate of drug-likeness (QED) is 0.672. The fraction of sp³-hybridized carbons (Fsp3) is 0.154. The molecule has 1 amide bonds. The number of halogens is 1. The van der Waals surface area contributed by atoms with Crippen molar-refractivity contribution in [2.75, 3.05) is 0 Å². The van der Waals surface area contributed by atoms with E-state index in [4.69, 9.17) is 0 Å². The van der Waals surface area contributed by atoms with Gasteiger partial charge in [0.1, 0.15) is 0 Å². The lowest BCUT2D eigenvalue weighted by Crippen LogP contribution is -2.22. The Morgan fingerprint density at radius 3 is 2.80 bits per heavy atom. The van der Waals surface area contributed by atoms with Crippen LogP contribution in [-0.4, -0.2) is 10.8 Å². The molecule has 0 aliphatic carbocycles. The minimum Gasteiger partial charge on any atom is -0.347 e. The van der Waals surface area contributed by atoms with Gasteiger partial charge in [-0.15, -0.1) is 11.3 Å². The fourth-order valence-electron chi connectivity index (χ4n) is 1.71. The number of rotatable bonds is 4. The number of nitro benzene ring substituents is 1. The minimum absolute atomic E-state index is 0.0764. The van der Waals surface area contributed by atoms with Crippen LogP contribution in [0.5, 0.6) is 0 Å².